The summed E-state index contributed by atoms with van der Waals surface area (Å²) in [6.45, 7) is 1.73. The number of nitriles is 1. The van der Waals surface area contributed by atoms with Crippen LogP contribution in [0.5, 0.6) is 0 Å². The van der Waals surface area contributed by atoms with Crippen LogP contribution in [0, 0.1) is 11.3 Å². The first-order chi connectivity index (χ1) is 12.5. The van der Waals surface area contributed by atoms with Gasteiger partial charge in [-0.25, -0.2) is 0 Å². The van der Waals surface area contributed by atoms with E-state index in [0.29, 0.717) is 16.4 Å². The van der Waals surface area contributed by atoms with E-state index in [2.05, 4.69) is 16.4 Å². The predicted octanol–water partition coefficient (Wildman–Crippen LogP) is 2.91. The zero-order chi connectivity index (χ0) is 18.3. The lowest BCUT2D eigenvalue weighted by Gasteiger charge is -2.41. The van der Waals surface area contributed by atoms with Crippen molar-refractivity contribution in [1.82, 2.24) is 4.90 Å². The molecular formula is C19H18N4O2S. The number of nitrogens with one attached hydrogen (secondary N) is 1. The average molecular weight is 366 g/mol. The molecule has 1 aromatic heterocycles. The molecule has 1 atom stereocenters. The van der Waals surface area contributed by atoms with Crippen LogP contribution in [-0.2, 0) is 22.4 Å². The van der Waals surface area contributed by atoms with Crippen molar-refractivity contribution >= 4 is 34.0 Å². The highest BCUT2D eigenvalue weighted by molar-refractivity contribution is 7.16. The Kier molecular flexibility index (Phi) is 4.00. The summed E-state index contributed by atoms with van der Waals surface area (Å²) in [7, 11) is 0. The van der Waals surface area contributed by atoms with Gasteiger partial charge in [-0.2, -0.15) is 10.3 Å². The molecule has 0 saturated carbocycles. The van der Waals surface area contributed by atoms with Gasteiger partial charge in [-0.15, -0.1) is 11.3 Å². The lowest BCUT2D eigenvalue weighted by atomic mass is 9.91. The number of aryl methyl sites for hydroxylation is 1. The number of hydrogen-bond donors (Lipinski definition) is 1. The fourth-order valence-electron chi connectivity index (χ4n) is 3.69. The Bertz CT molecular complexity index is 934. The zero-order valence-corrected chi connectivity index (χ0v) is 15.2. The maximum absolute atomic E-state index is 13.1. The number of fused-ring (bicyclic) bond motifs is 2. The van der Waals surface area contributed by atoms with Gasteiger partial charge in [0, 0.05) is 11.1 Å². The quantitative estimate of drug-likeness (QED) is 0.872. The second kappa shape index (κ2) is 6.22. The summed E-state index contributed by atoms with van der Waals surface area (Å²) in [5, 5.41) is 13.1. The second-order valence-corrected chi connectivity index (χ2v) is 7.97. The molecular weight excluding hydrogens is 348 g/mol. The second-order valence-electron chi connectivity index (χ2n) is 6.87. The molecule has 3 heterocycles. The molecule has 7 heteroatoms. The Morgan fingerprint density at radius 3 is 3.00 bits per heavy atom. The minimum atomic E-state index is -1.08. The Morgan fingerprint density at radius 2 is 2.19 bits per heavy atom. The van der Waals surface area contributed by atoms with Crippen molar-refractivity contribution < 1.29 is 9.59 Å². The molecule has 1 aliphatic carbocycles. The predicted molar refractivity (Wildman–Crippen MR) is 99.9 cm³/mol. The normalized spacial score (nSPS) is 23.8. The zero-order valence-electron chi connectivity index (χ0n) is 14.4. The van der Waals surface area contributed by atoms with Crippen LogP contribution in [0.15, 0.2) is 29.4 Å². The van der Waals surface area contributed by atoms with Crippen molar-refractivity contribution in [2.24, 2.45) is 4.99 Å². The van der Waals surface area contributed by atoms with E-state index in [0.717, 1.165) is 31.2 Å². The van der Waals surface area contributed by atoms with Gasteiger partial charge in [0.25, 0.3) is 11.8 Å². The van der Waals surface area contributed by atoms with Crippen LogP contribution < -0.4 is 5.32 Å². The maximum atomic E-state index is 13.1. The third-order valence-corrected chi connectivity index (χ3v) is 6.31. The third-order valence-electron chi connectivity index (χ3n) is 5.10. The van der Waals surface area contributed by atoms with Gasteiger partial charge < -0.3 is 10.2 Å². The molecule has 1 unspecified atom stereocenters. The van der Waals surface area contributed by atoms with Crippen molar-refractivity contribution in [3.63, 3.8) is 0 Å². The summed E-state index contributed by atoms with van der Waals surface area (Å²) in [6, 6.07) is 2.26. The molecule has 2 amide bonds. The molecule has 6 nitrogen and oxygen atoms in total. The van der Waals surface area contributed by atoms with Crippen molar-refractivity contribution in [3.05, 3.63) is 40.4 Å². The summed E-state index contributed by atoms with van der Waals surface area (Å²) in [5.41, 5.74) is 0.575. The summed E-state index contributed by atoms with van der Waals surface area (Å²) in [6.07, 6.45) is 11.1. The van der Waals surface area contributed by atoms with E-state index in [1.807, 2.05) is 6.08 Å². The smallest absolute Gasteiger partial charge is 0.251 e. The fraction of sp³-hybridized carbons (Fsp3) is 0.368. The molecule has 0 aromatic carbocycles. The van der Waals surface area contributed by atoms with E-state index >= 15 is 0 Å². The topological polar surface area (TPSA) is 85.6 Å². The number of rotatable bonds is 2. The van der Waals surface area contributed by atoms with Crippen molar-refractivity contribution in [2.75, 3.05) is 5.32 Å². The van der Waals surface area contributed by atoms with Crippen LogP contribution in [0.4, 0.5) is 5.00 Å². The van der Waals surface area contributed by atoms with Crippen molar-refractivity contribution in [2.45, 2.75) is 44.6 Å². The number of nitrogens with zero attached hydrogens (tertiary/aromatic N) is 3. The number of allylic oxidation sites excluding steroid dienone is 2. The van der Waals surface area contributed by atoms with Gasteiger partial charge >= 0.3 is 0 Å². The highest BCUT2D eigenvalue weighted by Crippen LogP contribution is 2.39. The average Bonchev–Trinajstić information content (AvgIpc) is 2.98. The fourth-order valence-corrected chi connectivity index (χ4v) is 4.92. The van der Waals surface area contributed by atoms with Crippen LogP contribution in [0.3, 0.4) is 0 Å². The molecule has 3 aliphatic rings. The molecule has 0 radical (unpaired) electrons. The van der Waals surface area contributed by atoms with Crippen molar-refractivity contribution in [1.29, 1.82) is 5.26 Å². The van der Waals surface area contributed by atoms with Crippen LogP contribution in [0.25, 0.3) is 0 Å². The summed E-state index contributed by atoms with van der Waals surface area (Å²) >= 11 is 1.49. The Labute approximate surface area is 155 Å². The monoisotopic (exact) mass is 366 g/mol. The SMILES string of the molecule is CC1(C(=O)Nc2sc3c(c2C#N)CCCC3)CC(=O)N=C2C=CC=CN21. The summed E-state index contributed by atoms with van der Waals surface area (Å²) in [4.78, 5) is 32.1. The van der Waals surface area contributed by atoms with E-state index in [9.17, 15) is 14.9 Å². The van der Waals surface area contributed by atoms with E-state index < -0.39 is 5.54 Å². The molecule has 0 spiro atoms. The molecule has 0 bridgehead atoms. The number of carbonyl (C=O) groups is 2. The van der Waals surface area contributed by atoms with Crippen LogP contribution in [-0.4, -0.2) is 28.1 Å². The van der Waals surface area contributed by atoms with Gasteiger partial charge in [0.1, 0.15) is 22.4 Å². The van der Waals surface area contributed by atoms with Gasteiger partial charge in [0.15, 0.2) is 0 Å². The van der Waals surface area contributed by atoms with Gasteiger partial charge in [-0.05, 0) is 50.3 Å². The number of thiophene rings is 1. The van der Waals surface area contributed by atoms with E-state index in [-0.39, 0.29) is 18.2 Å². The van der Waals surface area contributed by atoms with Crippen LogP contribution in [0.2, 0.25) is 0 Å². The Morgan fingerprint density at radius 1 is 1.38 bits per heavy atom. The van der Waals surface area contributed by atoms with Gasteiger partial charge in [0.05, 0.1) is 12.0 Å². The van der Waals surface area contributed by atoms with Crippen LogP contribution in [0.1, 0.15) is 42.2 Å². The number of hydrogen-bond acceptors (Lipinski definition) is 5. The van der Waals surface area contributed by atoms with E-state index in [4.69, 9.17) is 0 Å². The van der Waals surface area contributed by atoms with Gasteiger partial charge in [-0.1, -0.05) is 6.08 Å². The number of amidine groups is 1. The maximum Gasteiger partial charge on any atom is 0.251 e. The molecule has 1 aromatic rings. The number of carbonyl (C=O) groups excluding carboxylic acids is 2. The molecule has 0 saturated heterocycles. The molecule has 132 valence electrons. The summed E-state index contributed by atoms with van der Waals surface area (Å²) < 4.78 is 0. The van der Waals surface area contributed by atoms with E-state index in [1.165, 1.54) is 16.2 Å². The lowest BCUT2D eigenvalue weighted by Crippen LogP contribution is -2.58. The summed E-state index contributed by atoms with van der Waals surface area (Å²) in [5.74, 6) is -0.152. The highest BCUT2D eigenvalue weighted by atomic mass is 32.1. The van der Waals surface area contributed by atoms with E-state index in [1.54, 1.807) is 30.2 Å². The molecule has 0 fully saturated rings. The van der Waals surface area contributed by atoms with Gasteiger partial charge in [0.2, 0.25) is 0 Å². The number of aliphatic imine (C=N–C) groups is 1. The first-order valence-electron chi connectivity index (χ1n) is 8.65. The lowest BCUT2D eigenvalue weighted by molar-refractivity contribution is -0.130. The molecule has 4 rings (SSSR count). The number of amides is 2. The first-order valence-corrected chi connectivity index (χ1v) is 9.46. The van der Waals surface area contributed by atoms with Gasteiger partial charge in [-0.3, -0.25) is 9.59 Å². The Hall–Kier alpha value is -2.72. The molecule has 26 heavy (non-hydrogen) atoms. The Balaban J connectivity index is 1.67. The standard InChI is InChI=1S/C19H18N4O2S/c1-19(10-16(24)21-15-8-4-5-9-23(15)19)18(25)22-17-13(11-20)12-6-2-3-7-14(12)26-17/h4-5,8-9H,2-3,6-7,10H2,1H3,(H,22,25). The molecule has 2 aliphatic heterocycles. The first kappa shape index (κ1) is 16.7. The van der Waals surface area contributed by atoms with Crippen LogP contribution >= 0.6 is 11.3 Å². The largest absolute Gasteiger partial charge is 0.317 e. The molecule has 1 N–H and O–H groups in total. The number of anilines is 1. The minimum Gasteiger partial charge on any atom is -0.317 e. The highest BCUT2D eigenvalue weighted by Gasteiger charge is 2.45. The minimum absolute atomic E-state index is 0.00646. The third kappa shape index (κ3) is 2.58. The van der Waals surface area contributed by atoms with Crippen molar-refractivity contribution in [3.8, 4) is 6.07 Å².